The molecule has 0 fully saturated rings. The Balaban J connectivity index is 1.77. The van der Waals surface area contributed by atoms with E-state index < -0.39 is 0 Å². The number of rotatable bonds is 7. The number of anilines is 2. The quantitative estimate of drug-likeness (QED) is 0.688. The molecule has 3 rings (SSSR count). The highest BCUT2D eigenvalue weighted by Gasteiger charge is 2.09. The number of H-pyrrole nitrogens is 1. The van der Waals surface area contributed by atoms with Gasteiger partial charge in [-0.3, -0.25) is 9.78 Å². The summed E-state index contributed by atoms with van der Waals surface area (Å²) < 4.78 is 5.68. The molecule has 24 heavy (non-hydrogen) atoms. The van der Waals surface area contributed by atoms with Crippen molar-refractivity contribution in [2.45, 2.75) is 19.8 Å². The predicted molar refractivity (Wildman–Crippen MR) is 95.3 cm³/mol. The molecule has 0 unspecified atom stereocenters. The number of para-hydroxylation sites is 2. The third-order valence-corrected chi connectivity index (χ3v) is 4.16. The molecule has 0 amide bonds. The fourth-order valence-corrected chi connectivity index (χ4v) is 2.86. The van der Waals surface area contributed by atoms with Crippen molar-refractivity contribution in [3.63, 3.8) is 0 Å². The van der Waals surface area contributed by atoms with Gasteiger partial charge in [-0.05, 0) is 30.0 Å². The topological polar surface area (TPSA) is 79.9 Å². The molecule has 0 aliphatic carbocycles. The van der Waals surface area contributed by atoms with Gasteiger partial charge in [-0.15, -0.1) is 21.5 Å². The van der Waals surface area contributed by atoms with Crippen LogP contribution in [-0.2, 0) is 6.42 Å². The number of benzene rings is 1. The molecule has 7 heteroatoms. The van der Waals surface area contributed by atoms with Crippen LogP contribution in [0.2, 0.25) is 0 Å². The molecular weight excluding hydrogens is 324 g/mol. The predicted octanol–water partition coefficient (Wildman–Crippen LogP) is 3.35. The van der Waals surface area contributed by atoms with Crippen molar-refractivity contribution in [1.82, 2.24) is 15.2 Å². The lowest BCUT2D eigenvalue weighted by molar-refractivity contribution is 0.319. The number of nitrogens with one attached hydrogen (secondary N) is 2. The molecule has 0 radical (unpaired) electrons. The Morgan fingerprint density at radius 3 is 2.83 bits per heavy atom. The van der Waals surface area contributed by atoms with Crippen molar-refractivity contribution in [1.29, 1.82) is 0 Å². The zero-order valence-corrected chi connectivity index (χ0v) is 14.1. The monoisotopic (exact) mass is 342 g/mol. The van der Waals surface area contributed by atoms with E-state index in [1.807, 2.05) is 48.7 Å². The summed E-state index contributed by atoms with van der Waals surface area (Å²) in [5.41, 5.74) is 0.897. The van der Waals surface area contributed by atoms with Crippen molar-refractivity contribution in [3.05, 3.63) is 62.7 Å². The largest absolute Gasteiger partial charge is 0.491 e. The summed E-state index contributed by atoms with van der Waals surface area (Å²) in [5.74, 6) is 1.01. The van der Waals surface area contributed by atoms with Crippen LogP contribution in [0, 0.1) is 0 Å². The molecule has 0 bridgehead atoms. The van der Waals surface area contributed by atoms with Gasteiger partial charge in [0, 0.05) is 11.3 Å². The van der Waals surface area contributed by atoms with E-state index in [0.29, 0.717) is 30.4 Å². The number of hydrogen-bond donors (Lipinski definition) is 2. The Kier molecular flexibility index (Phi) is 5.22. The Morgan fingerprint density at radius 2 is 2.08 bits per heavy atom. The third kappa shape index (κ3) is 3.99. The molecule has 6 nitrogen and oxygen atoms in total. The lowest BCUT2D eigenvalue weighted by atomic mass is 10.3. The maximum atomic E-state index is 12.2. The number of aromatic nitrogens is 3. The first kappa shape index (κ1) is 16.2. The van der Waals surface area contributed by atoms with Crippen LogP contribution in [0.1, 0.15) is 23.9 Å². The molecule has 2 N–H and O–H groups in total. The molecule has 0 aliphatic rings. The zero-order valence-electron chi connectivity index (χ0n) is 13.3. The molecular formula is C17H18N4O2S. The number of hydrogen-bond acceptors (Lipinski definition) is 6. The average molecular weight is 342 g/mol. The Labute approximate surface area is 143 Å². The van der Waals surface area contributed by atoms with E-state index in [-0.39, 0.29) is 5.56 Å². The zero-order chi connectivity index (χ0) is 16.8. The van der Waals surface area contributed by atoms with E-state index in [9.17, 15) is 4.79 Å². The van der Waals surface area contributed by atoms with Crippen LogP contribution >= 0.6 is 11.3 Å². The van der Waals surface area contributed by atoms with Crippen molar-refractivity contribution >= 4 is 23.0 Å². The second-order valence-electron chi connectivity index (χ2n) is 5.18. The third-order valence-electron chi connectivity index (χ3n) is 3.29. The van der Waals surface area contributed by atoms with Gasteiger partial charge in [0.05, 0.1) is 12.3 Å². The molecule has 3 aromatic rings. The maximum absolute atomic E-state index is 12.2. The minimum atomic E-state index is -0.243. The van der Waals surface area contributed by atoms with Crippen molar-refractivity contribution in [2.75, 3.05) is 11.9 Å². The number of aromatic amines is 1. The van der Waals surface area contributed by atoms with E-state index in [1.165, 1.54) is 0 Å². The lowest BCUT2D eigenvalue weighted by Crippen LogP contribution is -2.18. The molecule has 0 saturated carbocycles. The van der Waals surface area contributed by atoms with Gasteiger partial charge in [0.1, 0.15) is 11.4 Å². The van der Waals surface area contributed by atoms with E-state index >= 15 is 0 Å². The van der Waals surface area contributed by atoms with Gasteiger partial charge in [0.15, 0.2) is 0 Å². The molecule has 1 aromatic carbocycles. The van der Waals surface area contributed by atoms with E-state index in [4.69, 9.17) is 4.74 Å². The van der Waals surface area contributed by atoms with Crippen molar-refractivity contribution in [3.8, 4) is 5.75 Å². The molecule has 0 saturated heterocycles. The smallest absolute Gasteiger partial charge is 0.274 e. The van der Waals surface area contributed by atoms with Crippen molar-refractivity contribution < 1.29 is 4.74 Å². The van der Waals surface area contributed by atoms with Gasteiger partial charge >= 0.3 is 0 Å². The van der Waals surface area contributed by atoms with Crippen LogP contribution in [0.15, 0.2) is 46.6 Å². The summed E-state index contributed by atoms with van der Waals surface area (Å²) in [6.07, 6.45) is 1.40. The van der Waals surface area contributed by atoms with Gasteiger partial charge in [0.25, 0.3) is 5.56 Å². The van der Waals surface area contributed by atoms with Crippen molar-refractivity contribution in [2.24, 2.45) is 0 Å². The lowest BCUT2D eigenvalue weighted by Gasteiger charge is -2.11. The molecule has 2 aromatic heterocycles. The van der Waals surface area contributed by atoms with Crippen LogP contribution in [0.5, 0.6) is 5.75 Å². The molecule has 124 valence electrons. The fraction of sp³-hybridized carbons (Fsp3) is 0.235. The fourth-order valence-electron chi connectivity index (χ4n) is 2.15. The summed E-state index contributed by atoms with van der Waals surface area (Å²) in [5, 5.41) is 13.1. The van der Waals surface area contributed by atoms with Gasteiger partial charge in [-0.2, -0.15) is 0 Å². The molecule has 0 aliphatic heterocycles. The number of ether oxygens (including phenoxy) is 1. The summed E-state index contributed by atoms with van der Waals surface area (Å²) in [4.78, 5) is 16.0. The first-order valence-electron chi connectivity index (χ1n) is 7.73. The second kappa shape index (κ2) is 7.74. The summed E-state index contributed by atoms with van der Waals surface area (Å²) in [7, 11) is 0. The second-order valence-corrected chi connectivity index (χ2v) is 6.21. The SMILES string of the molecule is CCCOc1ccccc1Nc1nnc(Cc2cccs2)c(=O)[nH]1. The Bertz CT molecular complexity index is 846. The first-order valence-corrected chi connectivity index (χ1v) is 8.61. The van der Waals surface area contributed by atoms with Gasteiger partial charge in [-0.1, -0.05) is 25.1 Å². The minimum Gasteiger partial charge on any atom is -0.491 e. The Hall–Kier alpha value is -2.67. The molecule has 0 spiro atoms. The first-order chi connectivity index (χ1) is 11.8. The van der Waals surface area contributed by atoms with Crippen LogP contribution in [0.25, 0.3) is 0 Å². The summed E-state index contributed by atoms with van der Waals surface area (Å²) in [6, 6.07) is 11.4. The number of nitrogens with zero attached hydrogens (tertiary/aromatic N) is 2. The molecule has 0 atom stereocenters. The van der Waals surface area contributed by atoms with Gasteiger partial charge < -0.3 is 10.1 Å². The van der Waals surface area contributed by atoms with Gasteiger partial charge in [0.2, 0.25) is 5.95 Å². The van der Waals surface area contributed by atoms with Crippen LogP contribution < -0.4 is 15.6 Å². The summed E-state index contributed by atoms with van der Waals surface area (Å²) in [6.45, 7) is 2.67. The number of thiophene rings is 1. The Morgan fingerprint density at radius 1 is 1.21 bits per heavy atom. The van der Waals surface area contributed by atoms with E-state index in [2.05, 4.69) is 20.5 Å². The van der Waals surface area contributed by atoms with E-state index in [0.717, 1.165) is 17.0 Å². The summed E-state index contributed by atoms with van der Waals surface area (Å²) >= 11 is 1.59. The van der Waals surface area contributed by atoms with E-state index in [1.54, 1.807) is 11.3 Å². The highest BCUT2D eigenvalue weighted by Crippen LogP contribution is 2.25. The standard InChI is InChI=1S/C17H18N4O2S/c1-2-9-23-15-8-4-3-7-13(15)18-17-19-16(22)14(20-21-17)11-12-6-5-10-24-12/h3-8,10H,2,9,11H2,1H3,(H2,18,19,21,22). The van der Waals surface area contributed by atoms with Crippen LogP contribution in [0.3, 0.4) is 0 Å². The maximum Gasteiger partial charge on any atom is 0.274 e. The van der Waals surface area contributed by atoms with Crippen LogP contribution in [0.4, 0.5) is 11.6 Å². The average Bonchev–Trinajstić information content (AvgIpc) is 3.10. The highest BCUT2D eigenvalue weighted by atomic mass is 32.1. The van der Waals surface area contributed by atoms with Crippen LogP contribution in [-0.4, -0.2) is 21.8 Å². The van der Waals surface area contributed by atoms with Gasteiger partial charge in [-0.25, -0.2) is 0 Å². The molecule has 2 heterocycles. The minimum absolute atomic E-state index is 0.243. The highest BCUT2D eigenvalue weighted by molar-refractivity contribution is 7.09. The normalized spacial score (nSPS) is 10.5.